The molecule has 0 unspecified atom stereocenters. The molecule has 0 saturated heterocycles. The molecule has 0 atom stereocenters. The van der Waals surface area contributed by atoms with Crippen LogP contribution in [0.4, 0.5) is 18.9 Å². The van der Waals surface area contributed by atoms with Crippen LogP contribution in [0, 0.1) is 0 Å². The van der Waals surface area contributed by atoms with Gasteiger partial charge in [0, 0.05) is 5.02 Å². The summed E-state index contributed by atoms with van der Waals surface area (Å²) < 4.78 is 35.8. The van der Waals surface area contributed by atoms with Gasteiger partial charge in [-0.3, -0.25) is 0 Å². The molecule has 0 saturated carbocycles. The number of nitrogens with zero attached hydrogens (tertiary/aromatic N) is 1. The van der Waals surface area contributed by atoms with Gasteiger partial charge in [0.25, 0.3) is 0 Å². The first-order chi connectivity index (χ1) is 6.39. The van der Waals surface area contributed by atoms with Gasteiger partial charge in [0.15, 0.2) is 0 Å². The maximum atomic E-state index is 11.9. The molecule has 0 fully saturated rings. The van der Waals surface area contributed by atoms with Gasteiger partial charge >= 0.3 is 6.18 Å². The molecule has 0 aliphatic carbocycles. The Hall–Kier alpha value is -0.740. The maximum Gasteiger partial charge on any atom is 0.444 e. The molecule has 1 aromatic carbocycles. The van der Waals surface area contributed by atoms with Crippen LogP contribution in [0.3, 0.4) is 0 Å². The second-order valence-corrected chi connectivity index (χ2v) is 3.17. The van der Waals surface area contributed by atoms with Gasteiger partial charge in [-0.1, -0.05) is 23.2 Å². The lowest BCUT2D eigenvalue weighted by molar-refractivity contribution is -0.0558. The number of hydrogen-bond acceptors (Lipinski definition) is 1. The van der Waals surface area contributed by atoms with E-state index in [2.05, 4.69) is 4.99 Å². The minimum absolute atomic E-state index is 0.108. The second kappa shape index (κ2) is 4.19. The third-order valence-corrected chi connectivity index (χ3v) is 1.84. The van der Waals surface area contributed by atoms with E-state index in [9.17, 15) is 13.2 Å². The van der Waals surface area contributed by atoms with Gasteiger partial charge in [-0.25, -0.2) is 4.99 Å². The Bertz CT molecular complexity index is 343. The Balaban J connectivity index is 2.93. The monoisotopic (exact) mass is 241 g/mol. The summed E-state index contributed by atoms with van der Waals surface area (Å²) in [6.45, 7) is 0. The number of halogens is 5. The molecule has 0 bridgehead atoms. The van der Waals surface area contributed by atoms with Gasteiger partial charge in [0.2, 0.25) is 5.17 Å². The molecule has 0 N–H and O–H groups in total. The van der Waals surface area contributed by atoms with Crippen LogP contribution in [-0.2, 0) is 0 Å². The van der Waals surface area contributed by atoms with Gasteiger partial charge in [-0.05, 0) is 24.3 Å². The lowest BCUT2D eigenvalue weighted by Crippen LogP contribution is -2.16. The zero-order valence-electron chi connectivity index (χ0n) is 6.65. The van der Waals surface area contributed by atoms with Gasteiger partial charge in [-0.15, -0.1) is 0 Å². The lowest BCUT2D eigenvalue weighted by Gasteiger charge is -2.02. The molecule has 6 heteroatoms. The van der Waals surface area contributed by atoms with Crippen LogP contribution in [0.5, 0.6) is 0 Å². The van der Waals surface area contributed by atoms with Crippen molar-refractivity contribution in [1.82, 2.24) is 0 Å². The first-order valence-electron chi connectivity index (χ1n) is 3.46. The Labute approximate surface area is 88.2 Å². The molecule has 0 amide bonds. The summed E-state index contributed by atoms with van der Waals surface area (Å²) in [5.41, 5.74) is 0.108. The lowest BCUT2D eigenvalue weighted by atomic mass is 10.3. The highest BCUT2D eigenvalue weighted by molar-refractivity contribution is 6.67. The van der Waals surface area contributed by atoms with Gasteiger partial charge in [-0.2, -0.15) is 13.2 Å². The molecule has 76 valence electrons. The van der Waals surface area contributed by atoms with Crippen LogP contribution in [-0.4, -0.2) is 11.3 Å². The van der Waals surface area contributed by atoms with Gasteiger partial charge in [0.05, 0.1) is 5.69 Å². The Morgan fingerprint density at radius 3 is 2.07 bits per heavy atom. The van der Waals surface area contributed by atoms with Crippen molar-refractivity contribution in [2.45, 2.75) is 6.18 Å². The maximum absolute atomic E-state index is 11.9. The molecule has 0 radical (unpaired) electrons. The summed E-state index contributed by atoms with van der Waals surface area (Å²) in [6.07, 6.45) is -4.61. The number of rotatable bonds is 1. The highest BCUT2D eigenvalue weighted by Crippen LogP contribution is 2.24. The zero-order chi connectivity index (χ0) is 10.8. The number of alkyl halides is 3. The minimum Gasteiger partial charge on any atom is -0.232 e. The van der Waals surface area contributed by atoms with Crippen molar-refractivity contribution in [3.05, 3.63) is 29.3 Å². The highest BCUT2D eigenvalue weighted by atomic mass is 35.5. The van der Waals surface area contributed by atoms with Crippen molar-refractivity contribution in [2.75, 3.05) is 0 Å². The average molecular weight is 242 g/mol. The average Bonchev–Trinajstić information content (AvgIpc) is 2.07. The normalized spacial score (nSPS) is 13.1. The van der Waals surface area contributed by atoms with Crippen LogP contribution in [0.25, 0.3) is 0 Å². The molecule has 0 aliphatic heterocycles. The van der Waals surface area contributed by atoms with E-state index in [0.717, 1.165) is 0 Å². The molecular weight excluding hydrogens is 238 g/mol. The molecular formula is C8H4Cl2F3N. The fourth-order valence-electron chi connectivity index (χ4n) is 0.692. The number of benzene rings is 1. The molecule has 0 spiro atoms. The Kier molecular flexibility index (Phi) is 3.39. The van der Waals surface area contributed by atoms with Crippen molar-refractivity contribution in [3.8, 4) is 0 Å². The summed E-state index contributed by atoms with van der Waals surface area (Å²) in [5, 5.41) is -0.980. The van der Waals surface area contributed by atoms with E-state index in [1.165, 1.54) is 24.3 Å². The van der Waals surface area contributed by atoms with Crippen molar-refractivity contribution >= 4 is 34.1 Å². The predicted octanol–water partition coefficient (Wildman–Crippen LogP) is 4.17. The number of hydrogen-bond donors (Lipinski definition) is 0. The summed E-state index contributed by atoms with van der Waals surface area (Å²) in [6, 6.07) is 5.55. The van der Waals surface area contributed by atoms with Crippen LogP contribution in [0.15, 0.2) is 29.3 Å². The molecule has 1 rings (SSSR count). The molecule has 1 aromatic rings. The zero-order valence-corrected chi connectivity index (χ0v) is 8.16. The second-order valence-electron chi connectivity index (χ2n) is 2.38. The quantitative estimate of drug-likeness (QED) is 0.655. The first-order valence-corrected chi connectivity index (χ1v) is 4.22. The molecule has 14 heavy (non-hydrogen) atoms. The van der Waals surface area contributed by atoms with Crippen LogP contribution >= 0.6 is 23.2 Å². The molecule has 0 aromatic heterocycles. The molecule has 0 aliphatic rings. The van der Waals surface area contributed by atoms with E-state index in [4.69, 9.17) is 23.2 Å². The van der Waals surface area contributed by atoms with Crippen LogP contribution < -0.4 is 0 Å². The molecule has 0 heterocycles. The Morgan fingerprint density at radius 1 is 1.14 bits per heavy atom. The van der Waals surface area contributed by atoms with Crippen molar-refractivity contribution in [1.29, 1.82) is 0 Å². The van der Waals surface area contributed by atoms with E-state index in [1.54, 1.807) is 0 Å². The topological polar surface area (TPSA) is 12.4 Å². The van der Waals surface area contributed by atoms with Crippen LogP contribution in [0.1, 0.15) is 0 Å². The number of aliphatic imine (C=N–C) groups is 1. The fourth-order valence-corrected chi connectivity index (χ4v) is 0.916. The van der Waals surface area contributed by atoms with E-state index in [0.29, 0.717) is 5.02 Å². The van der Waals surface area contributed by atoms with E-state index in [-0.39, 0.29) is 5.69 Å². The van der Waals surface area contributed by atoms with Crippen molar-refractivity contribution < 1.29 is 13.2 Å². The van der Waals surface area contributed by atoms with Gasteiger partial charge in [0.1, 0.15) is 0 Å². The minimum atomic E-state index is -4.61. The standard InChI is InChI=1S/C8H4Cl2F3N/c9-5-1-3-6(4-2-5)14-7(10)8(11,12)13/h1-4H/b14-7-. The van der Waals surface area contributed by atoms with E-state index >= 15 is 0 Å². The predicted molar refractivity (Wildman–Crippen MR) is 50.5 cm³/mol. The Morgan fingerprint density at radius 2 is 1.64 bits per heavy atom. The first kappa shape index (κ1) is 11.3. The van der Waals surface area contributed by atoms with Crippen molar-refractivity contribution in [2.24, 2.45) is 4.99 Å². The van der Waals surface area contributed by atoms with Crippen molar-refractivity contribution in [3.63, 3.8) is 0 Å². The fraction of sp³-hybridized carbons (Fsp3) is 0.125. The highest BCUT2D eigenvalue weighted by Gasteiger charge is 2.34. The summed E-state index contributed by atoms with van der Waals surface area (Å²) in [7, 11) is 0. The summed E-state index contributed by atoms with van der Waals surface area (Å²) in [4.78, 5) is 3.17. The smallest absolute Gasteiger partial charge is 0.232 e. The van der Waals surface area contributed by atoms with Crippen LogP contribution in [0.2, 0.25) is 5.02 Å². The van der Waals surface area contributed by atoms with E-state index < -0.39 is 11.3 Å². The third-order valence-electron chi connectivity index (χ3n) is 1.29. The molecule has 1 nitrogen and oxygen atoms in total. The largest absolute Gasteiger partial charge is 0.444 e. The SMILES string of the molecule is FC(F)(F)/C(Cl)=N/c1ccc(Cl)cc1. The third kappa shape index (κ3) is 3.20. The van der Waals surface area contributed by atoms with Gasteiger partial charge < -0.3 is 0 Å². The summed E-state index contributed by atoms with van der Waals surface area (Å²) in [5.74, 6) is 0. The summed E-state index contributed by atoms with van der Waals surface area (Å²) >= 11 is 10.5. The van der Waals surface area contributed by atoms with E-state index in [1.807, 2.05) is 0 Å².